The van der Waals surface area contributed by atoms with E-state index in [1.165, 1.54) is 23.5 Å². The average Bonchev–Trinajstić information content (AvgIpc) is 3.36. The summed E-state index contributed by atoms with van der Waals surface area (Å²) < 4.78 is 20.4. The lowest BCUT2D eigenvalue weighted by Gasteiger charge is -2.14. The molecule has 8 heteroatoms. The van der Waals surface area contributed by atoms with E-state index < -0.39 is 6.10 Å². The molecule has 1 atom stereocenters. The Labute approximate surface area is 177 Å². The predicted octanol–water partition coefficient (Wildman–Crippen LogP) is 4.85. The molecule has 0 spiro atoms. The maximum absolute atomic E-state index is 13.2. The van der Waals surface area contributed by atoms with Gasteiger partial charge >= 0.3 is 0 Å². The van der Waals surface area contributed by atoms with E-state index in [1.807, 2.05) is 30.5 Å². The molecule has 2 heterocycles. The van der Waals surface area contributed by atoms with Crippen LogP contribution in [0.5, 0.6) is 5.75 Å². The Hall–Kier alpha value is -3.52. The Balaban J connectivity index is 1.53. The highest BCUT2D eigenvalue weighted by Crippen LogP contribution is 2.26. The van der Waals surface area contributed by atoms with Crippen molar-refractivity contribution in [1.82, 2.24) is 14.8 Å². The SMILES string of the molecule is Cc1cc(NC(=O)C(C)Oc2ccccc2)n(-c2nc(-c3ccc(F)cc3)cs2)n1. The average molecular weight is 422 g/mol. The third kappa shape index (κ3) is 4.38. The van der Waals surface area contributed by atoms with Gasteiger partial charge in [-0.1, -0.05) is 18.2 Å². The fraction of sp³-hybridized carbons (Fsp3) is 0.136. The van der Waals surface area contributed by atoms with Crippen LogP contribution in [0, 0.1) is 12.7 Å². The summed E-state index contributed by atoms with van der Waals surface area (Å²) in [4.78, 5) is 17.2. The number of carbonyl (C=O) groups is 1. The normalized spacial score (nSPS) is 11.8. The number of benzene rings is 2. The van der Waals surface area contributed by atoms with Gasteiger partial charge in [-0.15, -0.1) is 11.3 Å². The van der Waals surface area contributed by atoms with Crippen LogP contribution in [-0.4, -0.2) is 26.8 Å². The van der Waals surface area contributed by atoms with Crippen LogP contribution in [0.25, 0.3) is 16.4 Å². The molecule has 1 N–H and O–H groups in total. The van der Waals surface area contributed by atoms with Crippen molar-refractivity contribution in [3.8, 4) is 22.1 Å². The zero-order chi connectivity index (χ0) is 21.1. The van der Waals surface area contributed by atoms with Crippen molar-refractivity contribution >= 4 is 23.1 Å². The second-order valence-electron chi connectivity index (χ2n) is 6.67. The van der Waals surface area contributed by atoms with Gasteiger partial charge in [0.2, 0.25) is 5.13 Å². The smallest absolute Gasteiger partial charge is 0.266 e. The third-order valence-corrected chi connectivity index (χ3v) is 5.14. The number of hydrogen-bond acceptors (Lipinski definition) is 5. The summed E-state index contributed by atoms with van der Waals surface area (Å²) in [6, 6.07) is 17.1. The lowest BCUT2D eigenvalue weighted by molar-refractivity contribution is -0.122. The number of rotatable bonds is 6. The predicted molar refractivity (Wildman–Crippen MR) is 115 cm³/mol. The van der Waals surface area contributed by atoms with Crippen molar-refractivity contribution in [2.24, 2.45) is 0 Å². The highest BCUT2D eigenvalue weighted by atomic mass is 32.1. The zero-order valence-electron chi connectivity index (χ0n) is 16.4. The van der Waals surface area contributed by atoms with Gasteiger partial charge in [-0.3, -0.25) is 4.79 Å². The van der Waals surface area contributed by atoms with Crippen molar-refractivity contribution in [2.75, 3.05) is 5.32 Å². The van der Waals surface area contributed by atoms with E-state index in [0.717, 1.165) is 11.3 Å². The highest BCUT2D eigenvalue weighted by Gasteiger charge is 2.19. The van der Waals surface area contributed by atoms with Crippen LogP contribution < -0.4 is 10.1 Å². The lowest BCUT2D eigenvalue weighted by Crippen LogP contribution is -2.30. The number of aromatic nitrogens is 3. The molecule has 0 saturated carbocycles. The molecule has 0 fully saturated rings. The van der Waals surface area contributed by atoms with Crippen molar-refractivity contribution < 1.29 is 13.9 Å². The topological polar surface area (TPSA) is 69.0 Å². The molecule has 0 aliphatic rings. The number of nitrogens with one attached hydrogen (secondary N) is 1. The van der Waals surface area contributed by atoms with E-state index in [9.17, 15) is 9.18 Å². The molecule has 1 unspecified atom stereocenters. The number of halogens is 1. The molecule has 0 saturated heterocycles. The quantitative estimate of drug-likeness (QED) is 0.482. The maximum atomic E-state index is 13.2. The molecule has 4 aromatic rings. The Bertz CT molecular complexity index is 1160. The molecular formula is C22H19FN4O2S. The number of carbonyl (C=O) groups excluding carboxylic acids is 1. The minimum absolute atomic E-state index is 0.296. The summed E-state index contributed by atoms with van der Waals surface area (Å²) >= 11 is 1.38. The second-order valence-corrected chi connectivity index (χ2v) is 7.50. The van der Waals surface area contributed by atoms with Gasteiger partial charge in [0, 0.05) is 17.0 Å². The first-order valence-electron chi connectivity index (χ1n) is 9.30. The second kappa shape index (κ2) is 8.46. The maximum Gasteiger partial charge on any atom is 0.266 e. The Morgan fingerprint density at radius 1 is 1.17 bits per heavy atom. The number of thiazole rings is 1. The molecule has 1 amide bonds. The van der Waals surface area contributed by atoms with E-state index in [-0.39, 0.29) is 11.7 Å². The van der Waals surface area contributed by atoms with Crippen LogP contribution in [-0.2, 0) is 4.79 Å². The first-order chi connectivity index (χ1) is 14.5. The molecule has 30 heavy (non-hydrogen) atoms. The Morgan fingerprint density at radius 3 is 2.63 bits per heavy atom. The summed E-state index contributed by atoms with van der Waals surface area (Å²) in [6.07, 6.45) is -0.692. The summed E-state index contributed by atoms with van der Waals surface area (Å²) in [5, 5.41) is 9.77. The molecule has 0 radical (unpaired) electrons. The number of hydrogen-bond donors (Lipinski definition) is 1. The van der Waals surface area contributed by atoms with Crippen molar-refractivity contribution in [3.05, 3.63) is 77.6 Å². The molecule has 0 aliphatic heterocycles. The van der Waals surface area contributed by atoms with Crippen molar-refractivity contribution in [1.29, 1.82) is 0 Å². The first-order valence-corrected chi connectivity index (χ1v) is 10.2. The van der Waals surface area contributed by atoms with E-state index in [2.05, 4.69) is 15.4 Å². The molecule has 152 valence electrons. The third-order valence-electron chi connectivity index (χ3n) is 4.32. The molecule has 0 aliphatic carbocycles. The summed E-state index contributed by atoms with van der Waals surface area (Å²) in [5.41, 5.74) is 2.25. The fourth-order valence-corrected chi connectivity index (χ4v) is 3.63. The molecule has 6 nitrogen and oxygen atoms in total. The minimum atomic E-state index is -0.692. The summed E-state index contributed by atoms with van der Waals surface area (Å²) in [6.45, 7) is 3.52. The fourth-order valence-electron chi connectivity index (χ4n) is 2.83. The van der Waals surface area contributed by atoms with Crippen LogP contribution in [0.1, 0.15) is 12.6 Å². The number of nitrogens with zero attached hydrogens (tertiary/aromatic N) is 3. The van der Waals surface area contributed by atoms with Gasteiger partial charge in [0.05, 0.1) is 11.4 Å². The van der Waals surface area contributed by atoms with Crippen LogP contribution in [0.3, 0.4) is 0 Å². The van der Waals surface area contributed by atoms with Gasteiger partial charge in [-0.05, 0) is 50.2 Å². The van der Waals surface area contributed by atoms with Gasteiger partial charge in [0.25, 0.3) is 5.91 Å². The number of anilines is 1. The van der Waals surface area contributed by atoms with Gasteiger partial charge in [-0.25, -0.2) is 9.37 Å². The van der Waals surface area contributed by atoms with Gasteiger partial charge in [0.1, 0.15) is 17.4 Å². The largest absolute Gasteiger partial charge is 0.481 e. The Kier molecular flexibility index (Phi) is 5.58. The molecule has 2 aromatic carbocycles. The summed E-state index contributed by atoms with van der Waals surface area (Å²) in [5.74, 6) is 0.527. The molecule has 4 rings (SSSR count). The number of para-hydroxylation sites is 1. The van der Waals surface area contributed by atoms with Crippen molar-refractivity contribution in [3.63, 3.8) is 0 Å². The van der Waals surface area contributed by atoms with Crippen LogP contribution in [0.15, 0.2) is 66.0 Å². The standard InChI is InChI=1S/C22H19FN4O2S/c1-14-12-20(25-21(28)15(2)29-18-6-4-3-5-7-18)27(26-14)22-24-19(13-30-22)16-8-10-17(23)11-9-16/h3-13,15H,1-2H3,(H,25,28). The highest BCUT2D eigenvalue weighted by molar-refractivity contribution is 7.12. The summed E-state index contributed by atoms with van der Waals surface area (Å²) in [7, 11) is 0. The van der Waals surface area contributed by atoms with Crippen LogP contribution >= 0.6 is 11.3 Å². The monoisotopic (exact) mass is 422 g/mol. The first kappa shape index (κ1) is 19.8. The van der Waals surface area contributed by atoms with E-state index in [0.29, 0.717) is 22.4 Å². The molecular weight excluding hydrogens is 403 g/mol. The van der Waals surface area contributed by atoms with Gasteiger partial charge in [-0.2, -0.15) is 9.78 Å². The van der Waals surface area contributed by atoms with E-state index in [4.69, 9.17) is 4.74 Å². The van der Waals surface area contributed by atoms with Crippen LogP contribution in [0.4, 0.5) is 10.2 Å². The molecule has 2 aromatic heterocycles. The molecule has 0 bridgehead atoms. The van der Waals surface area contributed by atoms with E-state index in [1.54, 1.807) is 41.9 Å². The Morgan fingerprint density at radius 2 is 1.90 bits per heavy atom. The van der Waals surface area contributed by atoms with Gasteiger partial charge in [0.15, 0.2) is 6.10 Å². The van der Waals surface area contributed by atoms with Crippen molar-refractivity contribution in [2.45, 2.75) is 20.0 Å². The van der Waals surface area contributed by atoms with Crippen LogP contribution in [0.2, 0.25) is 0 Å². The minimum Gasteiger partial charge on any atom is -0.481 e. The zero-order valence-corrected chi connectivity index (χ0v) is 17.2. The number of aryl methyl sites for hydroxylation is 1. The number of amides is 1. The van der Waals surface area contributed by atoms with E-state index >= 15 is 0 Å². The van der Waals surface area contributed by atoms with Gasteiger partial charge < -0.3 is 10.1 Å². The lowest BCUT2D eigenvalue weighted by atomic mass is 10.2. The number of ether oxygens (including phenoxy) is 1.